The van der Waals surface area contributed by atoms with Crippen LogP contribution in [0.2, 0.25) is 0 Å². The molecule has 3 N–H and O–H groups in total. The van der Waals surface area contributed by atoms with Crippen molar-refractivity contribution in [1.82, 2.24) is 9.78 Å². The van der Waals surface area contributed by atoms with Crippen molar-refractivity contribution >= 4 is 21.7 Å². The van der Waals surface area contributed by atoms with Gasteiger partial charge in [0.25, 0.3) is 0 Å². The molecule has 0 spiro atoms. The van der Waals surface area contributed by atoms with E-state index in [0.29, 0.717) is 17.3 Å². The Kier molecular flexibility index (Phi) is 4.35. The second kappa shape index (κ2) is 6.61. The standard InChI is InChI=1S/C19H20N4O4S/c1-11(2)23-19-15(10-21-23)14(9-18(24)22-19)17-8-7-16(27-17)12-3-5-13(6-4-12)28(20,25)26/h3-8,10-11,14H,9H2,1-2H3,(H,22,24)(H2,20,25,26)/t14-/m1/s1. The molecule has 9 heteroatoms. The monoisotopic (exact) mass is 400 g/mol. The van der Waals surface area contributed by atoms with Gasteiger partial charge in [0, 0.05) is 23.6 Å². The molecular weight excluding hydrogens is 380 g/mol. The lowest BCUT2D eigenvalue weighted by molar-refractivity contribution is -0.116. The number of nitrogens with one attached hydrogen (secondary N) is 1. The number of anilines is 1. The van der Waals surface area contributed by atoms with Crippen molar-refractivity contribution in [1.29, 1.82) is 0 Å². The van der Waals surface area contributed by atoms with Crippen molar-refractivity contribution in [3.8, 4) is 11.3 Å². The minimum Gasteiger partial charge on any atom is -0.460 e. The second-order valence-corrected chi connectivity index (χ2v) is 8.62. The summed E-state index contributed by atoms with van der Waals surface area (Å²) >= 11 is 0. The summed E-state index contributed by atoms with van der Waals surface area (Å²) in [6.07, 6.45) is 2.04. The van der Waals surface area contributed by atoms with Crippen molar-refractivity contribution in [3.63, 3.8) is 0 Å². The van der Waals surface area contributed by atoms with Gasteiger partial charge in [-0.05, 0) is 50.2 Å². The van der Waals surface area contributed by atoms with E-state index >= 15 is 0 Å². The molecular formula is C19H20N4O4S. The summed E-state index contributed by atoms with van der Waals surface area (Å²) < 4.78 is 30.6. The topological polar surface area (TPSA) is 120 Å². The van der Waals surface area contributed by atoms with Crippen LogP contribution in [-0.2, 0) is 14.8 Å². The minimum absolute atomic E-state index is 0.0396. The summed E-state index contributed by atoms with van der Waals surface area (Å²) in [6, 6.07) is 9.91. The van der Waals surface area contributed by atoms with Crippen molar-refractivity contribution in [2.24, 2.45) is 5.14 Å². The van der Waals surface area contributed by atoms with Crippen molar-refractivity contribution in [3.05, 3.63) is 53.9 Å². The van der Waals surface area contributed by atoms with Crippen LogP contribution in [0.3, 0.4) is 0 Å². The molecule has 0 unspecified atom stereocenters. The number of carbonyl (C=O) groups is 1. The third kappa shape index (κ3) is 3.23. The smallest absolute Gasteiger partial charge is 0.238 e. The summed E-state index contributed by atoms with van der Waals surface area (Å²) in [5.74, 6) is 1.63. The number of fused-ring (bicyclic) bond motifs is 1. The van der Waals surface area contributed by atoms with Crippen LogP contribution >= 0.6 is 0 Å². The molecule has 0 fully saturated rings. The number of benzene rings is 1. The Bertz CT molecular complexity index is 1140. The number of sulfonamides is 1. The molecule has 1 aliphatic heterocycles. The van der Waals surface area contributed by atoms with Gasteiger partial charge in [-0.3, -0.25) is 4.79 Å². The highest BCUT2D eigenvalue weighted by Crippen LogP contribution is 2.39. The lowest BCUT2D eigenvalue weighted by Crippen LogP contribution is -2.25. The zero-order chi connectivity index (χ0) is 20.1. The first-order chi connectivity index (χ1) is 13.2. The highest BCUT2D eigenvalue weighted by Gasteiger charge is 2.32. The molecule has 1 aromatic carbocycles. The van der Waals surface area contributed by atoms with Gasteiger partial charge in [-0.2, -0.15) is 5.10 Å². The number of rotatable bonds is 4. The molecule has 28 heavy (non-hydrogen) atoms. The third-order valence-corrected chi connectivity index (χ3v) is 5.70. The second-order valence-electron chi connectivity index (χ2n) is 7.06. The lowest BCUT2D eigenvalue weighted by atomic mass is 9.92. The van der Waals surface area contributed by atoms with Crippen LogP contribution in [-0.4, -0.2) is 24.1 Å². The molecule has 1 atom stereocenters. The molecule has 1 aliphatic rings. The van der Waals surface area contributed by atoms with E-state index in [4.69, 9.17) is 9.56 Å². The summed E-state index contributed by atoms with van der Waals surface area (Å²) in [7, 11) is -3.74. The quantitative estimate of drug-likeness (QED) is 0.698. The zero-order valence-electron chi connectivity index (χ0n) is 15.4. The maximum absolute atomic E-state index is 12.2. The molecule has 1 amide bonds. The molecule has 0 bridgehead atoms. The molecule has 146 valence electrons. The van der Waals surface area contributed by atoms with Crippen LogP contribution in [0.25, 0.3) is 11.3 Å². The van der Waals surface area contributed by atoms with Gasteiger partial charge >= 0.3 is 0 Å². The van der Waals surface area contributed by atoms with Gasteiger partial charge in [-0.1, -0.05) is 0 Å². The Morgan fingerprint density at radius 2 is 1.93 bits per heavy atom. The van der Waals surface area contributed by atoms with Crippen LogP contribution in [0.5, 0.6) is 0 Å². The van der Waals surface area contributed by atoms with Crippen molar-refractivity contribution in [2.45, 2.75) is 37.1 Å². The number of hydrogen-bond donors (Lipinski definition) is 2. The first-order valence-electron chi connectivity index (χ1n) is 8.84. The zero-order valence-corrected chi connectivity index (χ0v) is 16.2. The van der Waals surface area contributed by atoms with Gasteiger partial charge in [0.1, 0.15) is 17.3 Å². The van der Waals surface area contributed by atoms with E-state index in [0.717, 1.165) is 11.1 Å². The Morgan fingerprint density at radius 3 is 2.57 bits per heavy atom. The highest BCUT2D eigenvalue weighted by atomic mass is 32.2. The van der Waals surface area contributed by atoms with E-state index in [1.54, 1.807) is 29.1 Å². The molecule has 0 saturated heterocycles. The van der Waals surface area contributed by atoms with Gasteiger partial charge in [-0.25, -0.2) is 18.2 Å². The number of aromatic nitrogens is 2. The number of amides is 1. The Hall–Kier alpha value is -2.91. The third-order valence-electron chi connectivity index (χ3n) is 4.77. The fourth-order valence-electron chi connectivity index (χ4n) is 3.39. The number of carbonyl (C=O) groups excluding carboxylic acids is 1. The van der Waals surface area contributed by atoms with Gasteiger partial charge < -0.3 is 9.73 Å². The van der Waals surface area contributed by atoms with E-state index in [1.165, 1.54) is 12.1 Å². The van der Waals surface area contributed by atoms with Crippen molar-refractivity contribution in [2.75, 3.05) is 5.32 Å². The predicted molar refractivity (Wildman–Crippen MR) is 103 cm³/mol. The molecule has 0 radical (unpaired) electrons. The first kappa shape index (κ1) is 18.5. The summed E-state index contributed by atoms with van der Waals surface area (Å²) in [5.41, 5.74) is 1.63. The average molecular weight is 400 g/mol. The van der Waals surface area contributed by atoms with E-state index in [9.17, 15) is 13.2 Å². The van der Waals surface area contributed by atoms with Crippen LogP contribution in [0.1, 0.15) is 43.6 Å². The number of nitrogens with zero attached hydrogens (tertiary/aromatic N) is 2. The molecule has 8 nitrogen and oxygen atoms in total. The van der Waals surface area contributed by atoms with Crippen LogP contribution < -0.4 is 10.5 Å². The predicted octanol–water partition coefficient (Wildman–Crippen LogP) is 2.85. The molecule has 0 aliphatic carbocycles. The molecule has 3 heterocycles. The van der Waals surface area contributed by atoms with E-state index in [-0.39, 0.29) is 29.2 Å². The van der Waals surface area contributed by atoms with E-state index in [1.807, 2.05) is 19.9 Å². The number of furan rings is 1. The Morgan fingerprint density at radius 1 is 1.21 bits per heavy atom. The Labute approximate surface area is 162 Å². The fraction of sp³-hybridized carbons (Fsp3) is 0.263. The van der Waals surface area contributed by atoms with Gasteiger partial charge in [0.15, 0.2) is 0 Å². The molecule has 3 aromatic rings. The van der Waals surface area contributed by atoms with E-state index < -0.39 is 10.0 Å². The number of primary sulfonamides is 1. The maximum atomic E-state index is 12.2. The number of hydrogen-bond acceptors (Lipinski definition) is 5. The van der Waals surface area contributed by atoms with Crippen LogP contribution in [0, 0.1) is 0 Å². The average Bonchev–Trinajstić information content (AvgIpc) is 3.27. The van der Waals surface area contributed by atoms with Crippen LogP contribution in [0.15, 0.2) is 51.9 Å². The molecule has 0 saturated carbocycles. The molecule has 2 aromatic heterocycles. The van der Waals surface area contributed by atoms with Gasteiger partial charge in [0.05, 0.1) is 17.0 Å². The lowest BCUT2D eigenvalue weighted by Gasteiger charge is -2.23. The van der Waals surface area contributed by atoms with Gasteiger partial charge in [-0.15, -0.1) is 0 Å². The largest absolute Gasteiger partial charge is 0.460 e. The normalized spacial score (nSPS) is 16.9. The minimum atomic E-state index is -3.74. The Balaban J connectivity index is 1.68. The van der Waals surface area contributed by atoms with Gasteiger partial charge in [0.2, 0.25) is 15.9 Å². The highest BCUT2D eigenvalue weighted by molar-refractivity contribution is 7.89. The number of nitrogens with two attached hydrogens (primary N) is 1. The molecule has 4 rings (SSSR count). The van der Waals surface area contributed by atoms with E-state index in [2.05, 4.69) is 10.4 Å². The van der Waals surface area contributed by atoms with Crippen LogP contribution in [0.4, 0.5) is 5.82 Å². The SMILES string of the molecule is CC(C)n1ncc2c1NC(=O)C[C@H]2c1ccc(-c2ccc(S(N)(=O)=O)cc2)o1. The fourth-order valence-corrected chi connectivity index (χ4v) is 3.90. The maximum Gasteiger partial charge on any atom is 0.238 e. The first-order valence-corrected chi connectivity index (χ1v) is 10.4. The summed E-state index contributed by atoms with van der Waals surface area (Å²) in [4.78, 5) is 12.3. The summed E-state index contributed by atoms with van der Waals surface area (Å²) in [6.45, 7) is 4.00. The van der Waals surface area contributed by atoms with Crippen molar-refractivity contribution < 1.29 is 17.6 Å². The summed E-state index contributed by atoms with van der Waals surface area (Å²) in [5, 5.41) is 12.4.